The van der Waals surface area contributed by atoms with Crippen LogP contribution in [0.1, 0.15) is 25.7 Å². The standard InChI is InChI=1S/2C4H5NO2.C2H6O2.CH2O3/c2*6-3-1-2-4(7)5-3;3-1-2-4;2-1(3)4/h2*1-2H2,(H,5,6,7);3-4H,1-2H2;(H2,2,3,4). The summed E-state index contributed by atoms with van der Waals surface area (Å²) in [5.41, 5.74) is 0. The number of aliphatic hydroxyl groups is 2. The number of hydrogen-bond donors (Lipinski definition) is 6. The molecule has 0 aliphatic carbocycles. The minimum atomic E-state index is -1.83. The van der Waals surface area contributed by atoms with Gasteiger partial charge in [0.2, 0.25) is 23.6 Å². The van der Waals surface area contributed by atoms with Crippen LogP contribution in [0.5, 0.6) is 0 Å². The fourth-order valence-corrected chi connectivity index (χ4v) is 1.02. The molecule has 0 saturated carbocycles. The molecule has 0 atom stereocenters. The van der Waals surface area contributed by atoms with Crippen LogP contribution >= 0.6 is 0 Å². The van der Waals surface area contributed by atoms with Gasteiger partial charge in [-0.1, -0.05) is 0 Å². The van der Waals surface area contributed by atoms with Crippen LogP contribution in [-0.2, 0) is 19.2 Å². The average Bonchev–Trinajstić information content (AvgIpc) is 2.98. The molecule has 0 spiro atoms. The van der Waals surface area contributed by atoms with Gasteiger partial charge in [-0.05, 0) is 0 Å². The number of carbonyl (C=O) groups excluding carboxylic acids is 4. The Bertz CT molecular complexity index is 344. The number of carboxylic acid groups (broad SMARTS) is 2. The van der Waals surface area contributed by atoms with E-state index in [2.05, 4.69) is 10.6 Å². The lowest BCUT2D eigenvalue weighted by Crippen LogP contribution is -2.18. The smallest absolute Gasteiger partial charge is 0.450 e. The zero-order valence-corrected chi connectivity index (χ0v) is 11.6. The zero-order valence-electron chi connectivity index (χ0n) is 11.6. The Morgan fingerprint density at radius 2 is 0.909 bits per heavy atom. The Balaban J connectivity index is 0. The second kappa shape index (κ2) is 13.5. The van der Waals surface area contributed by atoms with Crippen molar-refractivity contribution in [2.24, 2.45) is 0 Å². The maximum absolute atomic E-state index is 10.1. The summed E-state index contributed by atoms with van der Waals surface area (Å²) < 4.78 is 0. The van der Waals surface area contributed by atoms with Crippen LogP contribution in [0, 0.1) is 0 Å². The van der Waals surface area contributed by atoms with Crippen molar-refractivity contribution in [2.45, 2.75) is 25.7 Å². The van der Waals surface area contributed by atoms with Crippen molar-refractivity contribution in [3.05, 3.63) is 0 Å². The summed E-state index contributed by atoms with van der Waals surface area (Å²) in [5.74, 6) is -0.593. The maximum Gasteiger partial charge on any atom is 0.503 e. The molecule has 0 radical (unpaired) electrons. The molecule has 6 N–H and O–H groups in total. The van der Waals surface area contributed by atoms with Gasteiger partial charge in [-0.25, -0.2) is 4.79 Å². The highest BCUT2D eigenvalue weighted by Crippen LogP contribution is 1.96. The van der Waals surface area contributed by atoms with Gasteiger partial charge >= 0.3 is 6.16 Å². The molecule has 0 aromatic heterocycles. The van der Waals surface area contributed by atoms with E-state index in [1.165, 1.54) is 0 Å². The van der Waals surface area contributed by atoms with E-state index in [1.54, 1.807) is 0 Å². The molecule has 22 heavy (non-hydrogen) atoms. The predicted molar refractivity (Wildman–Crippen MR) is 69.6 cm³/mol. The largest absolute Gasteiger partial charge is 0.503 e. The van der Waals surface area contributed by atoms with Crippen LogP contribution in [0.2, 0.25) is 0 Å². The van der Waals surface area contributed by atoms with Gasteiger partial charge in [-0.15, -0.1) is 0 Å². The van der Waals surface area contributed by atoms with Gasteiger partial charge < -0.3 is 20.4 Å². The average molecular weight is 322 g/mol. The highest BCUT2D eigenvalue weighted by Gasteiger charge is 2.16. The number of hydrogen-bond acceptors (Lipinski definition) is 7. The van der Waals surface area contributed by atoms with E-state index in [0.717, 1.165) is 0 Å². The third kappa shape index (κ3) is 17.5. The van der Waals surface area contributed by atoms with Crippen LogP contribution in [0.3, 0.4) is 0 Å². The predicted octanol–water partition coefficient (Wildman–Crippen LogP) is -1.96. The van der Waals surface area contributed by atoms with E-state index in [0.29, 0.717) is 25.7 Å². The molecule has 4 amide bonds. The molecular weight excluding hydrogens is 304 g/mol. The van der Waals surface area contributed by atoms with Gasteiger partial charge in [-0.3, -0.25) is 29.8 Å². The lowest BCUT2D eigenvalue weighted by molar-refractivity contribution is -0.126. The number of nitrogens with one attached hydrogen (secondary N) is 2. The van der Waals surface area contributed by atoms with Crippen LogP contribution < -0.4 is 10.6 Å². The quantitative estimate of drug-likeness (QED) is 0.297. The Morgan fingerprint density at radius 3 is 0.955 bits per heavy atom. The molecule has 0 unspecified atom stereocenters. The molecule has 0 aromatic carbocycles. The molecule has 2 rings (SSSR count). The van der Waals surface area contributed by atoms with Crippen molar-refractivity contribution in [2.75, 3.05) is 13.2 Å². The van der Waals surface area contributed by atoms with Crippen LogP contribution in [-0.4, -0.2) is 63.4 Å². The summed E-state index contributed by atoms with van der Waals surface area (Å²) in [5, 5.41) is 33.5. The molecule has 0 aromatic rings. The minimum Gasteiger partial charge on any atom is -0.450 e. The van der Waals surface area contributed by atoms with Gasteiger partial charge in [-0.2, -0.15) is 0 Å². The molecule has 2 fully saturated rings. The molecule has 2 aliphatic heterocycles. The van der Waals surface area contributed by atoms with Gasteiger partial charge in [0.05, 0.1) is 13.2 Å². The van der Waals surface area contributed by atoms with E-state index in [9.17, 15) is 19.2 Å². The van der Waals surface area contributed by atoms with Gasteiger partial charge in [0, 0.05) is 25.7 Å². The Hall–Kier alpha value is -2.53. The first kappa shape index (κ1) is 21.8. The molecular formula is C11H18N2O9. The fourth-order valence-electron chi connectivity index (χ4n) is 1.02. The molecule has 0 bridgehead atoms. The molecule has 126 valence electrons. The summed E-state index contributed by atoms with van der Waals surface area (Å²) in [6.45, 7) is -0.250. The zero-order chi connectivity index (χ0) is 17.5. The third-order valence-electron chi connectivity index (χ3n) is 1.82. The first-order chi connectivity index (χ1) is 10.2. The number of imide groups is 2. The van der Waals surface area contributed by atoms with Crippen LogP contribution in [0.25, 0.3) is 0 Å². The van der Waals surface area contributed by atoms with E-state index >= 15 is 0 Å². The van der Waals surface area contributed by atoms with E-state index in [1.807, 2.05) is 0 Å². The topological polar surface area (TPSA) is 190 Å². The van der Waals surface area contributed by atoms with Gasteiger partial charge in [0.15, 0.2) is 0 Å². The molecule has 2 aliphatic rings. The van der Waals surface area contributed by atoms with Crippen LogP contribution in [0.15, 0.2) is 0 Å². The summed E-state index contributed by atoms with van der Waals surface area (Å²) >= 11 is 0. The van der Waals surface area contributed by atoms with Gasteiger partial charge in [0.1, 0.15) is 0 Å². The highest BCUT2D eigenvalue weighted by atomic mass is 16.6. The number of aliphatic hydroxyl groups excluding tert-OH is 2. The number of rotatable bonds is 1. The Kier molecular flexibility index (Phi) is 13.3. The Morgan fingerprint density at radius 1 is 0.727 bits per heavy atom. The van der Waals surface area contributed by atoms with Gasteiger partial charge in [0.25, 0.3) is 0 Å². The van der Waals surface area contributed by atoms with Crippen molar-refractivity contribution in [3.63, 3.8) is 0 Å². The van der Waals surface area contributed by atoms with E-state index in [4.69, 9.17) is 25.2 Å². The van der Waals surface area contributed by atoms with Crippen molar-refractivity contribution in [1.29, 1.82) is 0 Å². The first-order valence-electron chi connectivity index (χ1n) is 6.01. The second-order valence-electron chi connectivity index (χ2n) is 3.67. The fraction of sp³-hybridized carbons (Fsp3) is 0.545. The first-order valence-corrected chi connectivity index (χ1v) is 6.01. The lowest BCUT2D eigenvalue weighted by atomic mass is 10.4. The van der Waals surface area contributed by atoms with E-state index < -0.39 is 6.16 Å². The number of amides is 4. The summed E-state index contributed by atoms with van der Waals surface area (Å²) in [4.78, 5) is 49.0. The second-order valence-corrected chi connectivity index (χ2v) is 3.67. The summed E-state index contributed by atoms with van der Waals surface area (Å²) in [7, 11) is 0. The summed E-state index contributed by atoms with van der Waals surface area (Å²) in [6, 6.07) is 0. The number of carbonyl (C=O) groups is 5. The highest BCUT2D eigenvalue weighted by molar-refractivity contribution is 6.02. The normalized spacial score (nSPS) is 15.2. The molecule has 11 heteroatoms. The SMILES string of the molecule is O=C(O)O.O=C1CCC(=O)N1.O=C1CCC(=O)N1.OCCO. The van der Waals surface area contributed by atoms with Crippen LogP contribution in [0.4, 0.5) is 4.79 Å². The van der Waals surface area contributed by atoms with Crippen molar-refractivity contribution in [1.82, 2.24) is 10.6 Å². The molecule has 11 nitrogen and oxygen atoms in total. The Labute approximate surface area is 124 Å². The molecule has 2 heterocycles. The van der Waals surface area contributed by atoms with Crippen molar-refractivity contribution in [3.8, 4) is 0 Å². The minimum absolute atomic E-state index is 0.125. The van der Waals surface area contributed by atoms with E-state index in [-0.39, 0.29) is 36.8 Å². The molecule has 2 saturated heterocycles. The lowest BCUT2D eigenvalue weighted by Gasteiger charge is -1.79. The third-order valence-corrected chi connectivity index (χ3v) is 1.82. The monoisotopic (exact) mass is 322 g/mol. The van der Waals surface area contributed by atoms with Crippen molar-refractivity contribution >= 4 is 29.8 Å². The van der Waals surface area contributed by atoms with Crippen molar-refractivity contribution < 1.29 is 44.4 Å². The maximum atomic E-state index is 10.1. The summed E-state index contributed by atoms with van der Waals surface area (Å²) in [6.07, 6.45) is -0.338.